The van der Waals surface area contributed by atoms with Gasteiger partial charge < -0.3 is 15.3 Å². The molecule has 0 heterocycles. The van der Waals surface area contributed by atoms with Gasteiger partial charge in [0.15, 0.2) is 0 Å². The first-order chi connectivity index (χ1) is 11.7. The van der Waals surface area contributed by atoms with Gasteiger partial charge in [-0.1, -0.05) is 81.4 Å². The standard InChI is InChI=1S/C20H27NO3Si/c1-15(22)18(21)19(23)24-25(20(2,3)4,16-11-7-5-8-12-16)17-13-9-6-10-14-17/h5-15,18,22H,21H2,1-4H3/t15-,18-/m1/s1. The first kappa shape index (κ1) is 19.4. The molecule has 2 aromatic rings. The van der Waals surface area contributed by atoms with Gasteiger partial charge in [0.25, 0.3) is 0 Å². The summed E-state index contributed by atoms with van der Waals surface area (Å²) in [6.45, 7) is 7.75. The van der Waals surface area contributed by atoms with Crippen molar-refractivity contribution < 1.29 is 14.3 Å². The van der Waals surface area contributed by atoms with Crippen molar-refractivity contribution in [3.05, 3.63) is 60.7 Å². The molecule has 0 aliphatic rings. The number of aliphatic hydroxyl groups excluding tert-OH is 1. The molecule has 0 bridgehead atoms. The van der Waals surface area contributed by atoms with Crippen molar-refractivity contribution in [1.82, 2.24) is 0 Å². The summed E-state index contributed by atoms with van der Waals surface area (Å²) >= 11 is 0. The Morgan fingerprint density at radius 1 is 1.00 bits per heavy atom. The molecule has 0 radical (unpaired) electrons. The minimum absolute atomic E-state index is 0.316. The summed E-state index contributed by atoms with van der Waals surface area (Å²) in [6, 6.07) is 18.7. The normalized spacial score (nSPS) is 14.6. The minimum Gasteiger partial charge on any atom is -0.508 e. The van der Waals surface area contributed by atoms with E-state index in [9.17, 15) is 9.90 Å². The molecule has 0 fully saturated rings. The van der Waals surface area contributed by atoms with Crippen LogP contribution in [0, 0.1) is 0 Å². The van der Waals surface area contributed by atoms with Gasteiger partial charge in [-0.3, -0.25) is 4.79 Å². The van der Waals surface area contributed by atoms with Crippen LogP contribution in [-0.2, 0) is 9.22 Å². The maximum atomic E-state index is 12.7. The fourth-order valence-corrected chi connectivity index (χ4v) is 7.43. The Balaban J connectivity index is 2.67. The third kappa shape index (κ3) is 3.84. The van der Waals surface area contributed by atoms with Gasteiger partial charge in [0, 0.05) is 0 Å². The summed E-state index contributed by atoms with van der Waals surface area (Å²) in [7, 11) is -2.96. The molecule has 134 valence electrons. The number of carbonyl (C=O) groups excluding carboxylic acids is 1. The average Bonchev–Trinajstić information content (AvgIpc) is 2.59. The van der Waals surface area contributed by atoms with E-state index in [-0.39, 0.29) is 5.04 Å². The predicted octanol–water partition coefficient (Wildman–Crippen LogP) is 1.80. The zero-order valence-electron chi connectivity index (χ0n) is 15.3. The van der Waals surface area contributed by atoms with Crippen molar-refractivity contribution in [3.8, 4) is 0 Å². The van der Waals surface area contributed by atoms with Gasteiger partial charge in [0.2, 0.25) is 0 Å². The highest BCUT2D eigenvalue weighted by Crippen LogP contribution is 2.37. The number of hydrogen-bond donors (Lipinski definition) is 2. The highest BCUT2D eigenvalue weighted by molar-refractivity contribution is 7.00. The van der Waals surface area contributed by atoms with E-state index in [2.05, 4.69) is 20.8 Å². The van der Waals surface area contributed by atoms with Crippen molar-refractivity contribution in [2.75, 3.05) is 0 Å². The predicted molar refractivity (Wildman–Crippen MR) is 103 cm³/mol. The summed E-state index contributed by atoms with van der Waals surface area (Å²) in [5, 5.41) is 11.4. The summed E-state index contributed by atoms with van der Waals surface area (Å²) < 4.78 is 6.21. The smallest absolute Gasteiger partial charge is 0.323 e. The molecule has 0 aromatic heterocycles. The summed E-state index contributed by atoms with van der Waals surface area (Å²) in [6.07, 6.45) is -0.967. The maximum Gasteiger partial charge on any atom is 0.323 e. The third-order valence-electron chi connectivity index (χ3n) is 4.46. The Kier molecular flexibility index (Phi) is 5.82. The van der Waals surface area contributed by atoms with Crippen LogP contribution >= 0.6 is 0 Å². The SMILES string of the molecule is C[C@@H](O)[C@@H](N)C(=O)O[Si](c1ccccc1)(c1ccccc1)C(C)(C)C. The number of nitrogens with two attached hydrogens (primary N) is 1. The van der Waals surface area contributed by atoms with Gasteiger partial charge in [-0.2, -0.15) is 0 Å². The van der Waals surface area contributed by atoms with Crippen molar-refractivity contribution in [3.63, 3.8) is 0 Å². The molecule has 0 saturated carbocycles. The second kappa shape index (κ2) is 7.52. The summed E-state index contributed by atoms with van der Waals surface area (Å²) in [4.78, 5) is 12.7. The fourth-order valence-electron chi connectivity index (χ4n) is 3.07. The van der Waals surface area contributed by atoms with Crippen LogP contribution in [0.1, 0.15) is 27.7 Å². The topological polar surface area (TPSA) is 72.5 Å². The number of aliphatic hydroxyl groups is 1. The average molecular weight is 358 g/mol. The Hall–Kier alpha value is -1.95. The van der Waals surface area contributed by atoms with Crippen LogP contribution in [0.2, 0.25) is 5.04 Å². The summed E-state index contributed by atoms with van der Waals surface area (Å²) in [5.41, 5.74) is 5.86. The summed E-state index contributed by atoms with van der Waals surface area (Å²) in [5.74, 6) is -0.565. The molecule has 0 unspecified atom stereocenters. The van der Waals surface area contributed by atoms with Gasteiger partial charge in [-0.25, -0.2) is 0 Å². The second-order valence-corrected chi connectivity index (χ2v) is 11.6. The molecular weight excluding hydrogens is 330 g/mol. The van der Waals surface area contributed by atoms with Crippen molar-refractivity contribution >= 4 is 24.7 Å². The molecule has 5 heteroatoms. The van der Waals surface area contributed by atoms with Gasteiger partial charge >= 0.3 is 14.3 Å². The lowest BCUT2D eigenvalue weighted by Gasteiger charge is -2.42. The molecule has 2 rings (SSSR count). The van der Waals surface area contributed by atoms with E-state index in [1.54, 1.807) is 0 Å². The Morgan fingerprint density at radius 2 is 1.40 bits per heavy atom. The molecule has 0 aliphatic carbocycles. The van der Waals surface area contributed by atoms with E-state index in [0.29, 0.717) is 0 Å². The monoisotopic (exact) mass is 357 g/mol. The fraction of sp³-hybridized carbons (Fsp3) is 0.350. The molecule has 0 saturated heterocycles. The van der Waals surface area contributed by atoms with Crippen LogP contribution in [-0.4, -0.2) is 31.5 Å². The highest BCUT2D eigenvalue weighted by atomic mass is 28.4. The molecule has 25 heavy (non-hydrogen) atoms. The Morgan fingerprint density at radius 3 is 1.72 bits per heavy atom. The molecule has 2 aromatic carbocycles. The number of benzene rings is 2. The zero-order valence-corrected chi connectivity index (χ0v) is 16.3. The first-order valence-corrected chi connectivity index (χ1v) is 10.4. The van der Waals surface area contributed by atoms with Crippen LogP contribution in [0.4, 0.5) is 0 Å². The molecule has 0 amide bonds. The number of rotatable bonds is 5. The molecule has 3 N–H and O–H groups in total. The lowest BCUT2D eigenvalue weighted by Crippen LogP contribution is -2.68. The van der Waals surface area contributed by atoms with Crippen molar-refractivity contribution in [2.24, 2.45) is 5.73 Å². The van der Waals surface area contributed by atoms with Crippen LogP contribution in [0.15, 0.2) is 60.7 Å². The largest absolute Gasteiger partial charge is 0.508 e. The highest BCUT2D eigenvalue weighted by Gasteiger charge is 2.53. The maximum absolute atomic E-state index is 12.7. The van der Waals surface area contributed by atoms with E-state index in [0.717, 1.165) is 10.4 Å². The number of hydrogen-bond acceptors (Lipinski definition) is 4. The Bertz CT molecular complexity index is 656. The van der Waals surface area contributed by atoms with Gasteiger partial charge in [-0.15, -0.1) is 0 Å². The van der Waals surface area contributed by atoms with E-state index >= 15 is 0 Å². The van der Waals surface area contributed by atoms with E-state index in [4.69, 9.17) is 10.2 Å². The third-order valence-corrected chi connectivity index (χ3v) is 9.37. The van der Waals surface area contributed by atoms with E-state index in [1.807, 2.05) is 60.7 Å². The van der Waals surface area contributed by atoms with Gasteiger partial charge in [0.05, 0.1) is 6.10 Å². The lowest BCUT2D eigenvalue weighted by atomic mass is 10.2. The van der Waals surface area contributed by atoms with Crippen molar-refractivity contribution in [2.45, 2.75) is 44.9 Å². The second-order valence-electron chi connectivity index (χ2n) is 7.35. The molecule has 0 aliphatic heterocycles. The van der Waals surface area contributed by atoms with Crippen LogP contribution < -0.4 is 16.1 Å². The quantitative estimate of drug-likeness (QED) is 0.801. The van der Waals surface area contributed by atoms with E-state index < -0.39 is 26.4 Å². The zero-order chi connectivity index (χ0) is 18.7. The van der Waals surface area contributed by atoms with Crippen LogP contribution in [0.25, 0.3) is 0 Å². The molecule has 0 spiro atoms. The van der Waals surface area contributed by atoms with Crippen molar-refractivity contribution in [1.29, 1.82) is 0 Å². The van der Waals surface area contributed by atoms with E-state index in [1.165, 1.54) is 6.92 Å². The molecule has 2 atom stereocenters. The first-order valence-electron chi connectivity index (χ1n) is 8.47. The number of carbonyl (C=O) groups is 1. The molecule has 4 nitrogen and oxygen atoms in total. The minimum atomic E-state index is -2.96. The van der Waals surface area contributed by atoms with Crippen LogP contribution in [0.3, 0.4) is 0 Å². The molecular formula is C20H27NO3Si. The van der Waals surface area contributed by atoms with Gasteiger partial charge in [0.1, 0.15) is 6.04 Å². The lowest BCUT2D eigenvalue weighted by molar-refractivity contribution is -0.139. The van der Waals surface area contributed by atoms with Gasteiger partial charge in [-0.05, 0) is 22.3 Å². The van der Waals surface area contributed by atoms with Crippen LogP contribution in [0.5, 0.6) is 0 Å². The Labute approximate surface area is 150 Å².